The molecule has 2 amide bonds. The molecule has 1 heterocycles. The summed E-state index contributed by atoms with van der Waals surface area (Å²) in [5.41, 5.74) is 0. The minimum atomic E-state index is 0.107. The minimum absolute atomic E-state index is 0.107. The number of rotatable bonds is 2. The molecule has 0 bridgehead atoms. The summed E-state index contributed by atoms with van der Waals surface area (Å²) in [5, 5.41) is 3.18. The Hall–Kier alpha value is -0.770. The number of hydrogen-bond acceptors (Lipinski definition) is 2. The van der Waals surface area contributed by atoms with Crippen molar-refractivity contribution in [3.05, 3.63) is 0 Å². The maximum Gasteiger partial charge on any atom is 0.317 e. The molecule has 0 radical (unpaired) electrons. The highest BCUT2D eigenvalue weighted by Crippen LogP contribution is 2.21. The molecular weight excluding hydrogens is 228 g/mol. The summed E-state index contributed by atoms with van der Waals surface area (Å²) < 4.78 is 5.45. The van der Waals surface area contributed by atoms with Crippen LogP contribution in [0.2, 0.25) is 0 Å². The molecule has 2 atom stereocenters. The molecule has 2 fully saturated rings. The number of ether oxygens (including phenoxy) is 1. The average molecular weight is 254 g/mol. The Bertz CT molecular complexity index is 277. The third-order valence-corrected chi connectivity index (χ3v) is 4.41. The molecule has 2 unspecified atom stereocenters. The molecule has 0 spiro atoms. The summed E-state index contributed by atoms with van der Waals surface area (Å²) in [6, 6.07) is 0.502. The summed E-state index contributed by atoms with van der Waals surface area (Å²) in [6.45, 7) is 3.79. The van der Waals surface area contributed by atoms with Gasteiger partial charge in [-0.05, 0) is 25.2 Å². The van der Waals surface area contributed by atoms with Gasteiger partial charge < -0.3 is 15.0 Å². The van der Waals surface area contributed by atoms with Crippen LogP contribution in [0.1, 0.15) is 45.4 Å². The van der Waals surface area contributed by atoms with Crippen LogP contribution >= 0.6 is 0 Å². The molecular formula is C14H26N2O2. The number of piperidine rings is 1. The van der Waals surface area contributed by atoms with E-state index in [9.17, 15) is 4.79 Å². The van der Waals surface area contributed by atoms with E-state index < -0.39 is 0 Å². The van der Waals surface area contributed by atoms with Crippen LogP contribution in [0.5, 0.6) is 0 Å². The number of methoxy groups -OCH3 is 1. The van der Waals surface area contributed by atoms with Crippen molar-refractivity contribution in [2.75, 3.05) is 20.2 Å². The summed E-state index contributed by atoms with van der Waals surface area (Å²) in [7, 11) is 1.74. The molecule has 4 nitrogen and oxygen atoms in total. The van der Waals surface area contributed by atoms with E-state index in [1.54, 1.807) is 7.11 Å². The highest BCUT2D eigenvalue weighted by atomic mass is 16.5. The second kappa shape index (κ2) is 6.41. The standard InChI is InChI=1S/C14H26N2O2/c1-11-8-9-16(10-13(11)18-2)14(17)15-12-6-4-3-5-7-12/h11-13H,3-10H2,1-2H3,(H,15,17). The number of hydrogen-bond donors (Lipinski definition) is 1. The van der Waals surface area contributed by atoms with E-state index in [1.807, 2.05) is 4.90 Å². The fourth-order valence-electron chi connectivity index (χ4n) is 3.04. The highest BCUT2D eigenvalue weighted by Gasteiger charge is 2.29. The highest BCUT2D eigenvalue weighted by molar-refractivity contribution is 5.74. The maximum absolute atomic E-state index is 12.2. The molecule has 18 heavy (non-hydrogen) atoms. The van der Waals surface area contributed by atoms with Gasteiger partial charge in [0.2, 0.25) is 0 Å². The Morgan fingerprint density at radius 3 is 2.61 bits per heavy atom. The van der Waals surface area contributed by atoms with E-state index in [0.29, 0.717) is 12.0 Å². The molecule has 4 heteroatoms. The van der Waals surface area contributed by atoms with Gasteiger partial charge in [0.15, 0.2) is 0 Å². The lowest BCUT2D eigenvalue weighted by Crippen LogP contribution is -2.52. The van der Waals surface area contributed by atoms with Crippen molar-refractivity contribution in [1.29, 1.82) is 0 Å². The first-order valence-electron chi connectivity index (χ1n) is 7.29. The molecule has 1 aliphatic carbocycles. The second-order valence-corrected chi connectivity index (χ2v) is 5.77. The zero-order valence-electron chi connectivity index (χ0n) is 11.7. The van der Waals surface area contributed by atoms with Crippen LogP contribution in [0.15, 0.2) is 0 Å². The van der Waals surface area contributed by atoms with Gasteiger partial charge in [0.05, 0.1) is 6.10 Å². The summed E-state index contributed by atoms with van der Waals surface area (Å²) in [6.07, 6.45) is 7.34. The number of urea groups is 1. The summed E-state index contributed by atoms with van der Waals surface area (Å²) in [5.74, 6) is 0.550. The first-order chi connectivity index (χ1) is 8.70. The lowest BCUT2D eigenvalue weighted by atomic mass is 9.95. The van der Waals surface area contributed by atoms with Gasteiger partial charge in [0.25, 0.3) is 0 Å². The molecule has 1 aliphatic heterocycles. The van der Waals surface area contributed by atoms with Crippen molar-refractivity contribution in [2.45, 2.75) is 57.6 Å². The first kappa shape index (κ1) is 13.7. The van der Waals surface area contributed by atoms with E-state index in [4.69, 9.17) is 4.74 Å². The maximum atomic E-state index is 12.2. The predicted molar refractivity (Wildman–Crippen MR) is 71.6 cm³/mol. The predicted octanol–water partition coefficient (Wildman–Crippen LogP) is 2.39. The van der Waals surface area contributed by atoms with Crippen molar-refractivity contribution >= 4 is 6.03 Å². The topological polar surface area (TPSA) is 41.6 Å². The Labute approximate surface area is 110 Å². The molecule has 2 aliphatic rings. The van der Waals surface area contributed by atoms with Crippen molar-refractivity contribution in [2.24, 2.45) is 5.92 Å². The van der Waals surface area contributed by atoms with Gasteiger partial charge in [0.1, 0.15) is 0 Å². The fourth-order valence-corrected chi connectivity index (χ4v) is 3.04. The van der Waals surface area contributed by atoms with Crippen molar-refractivity contribution in [1.82, 2.24) is 10.2 Å². The van der Waals surface area contributed by atoms with E-state index >= 15 is 0 Å². The van der Waals surface area contributed by atoms with E-state index in [0.717, 1.165) is 32.4 Å². The van der Waals surface area contributed by atoms with Crippen LogP contribution in [0.4, 0.5) is 4.79 Å². The molecule has 2 rings (SSSR count). The van der Waals surface area contributed by atoms with E-state index in [2.05, 4.69) is 12.2 Å². The molecule has 0 aromatic rings. The van der Waals surface area contributed by atoms with Gasteiger partial charge in [-0.25, -0.2) is 4.79 Å². The molecule has 104 valence electrons. The number of nitrogens with one attached hydrogen (secondary N) is 1. The average Bonchev–Trinajstić information content (AvgIpc) is 2.40. The van der Waals surface area contributed by atoms with Gasteiger partial charge in [-0.2, -0.15) is 0 Å². The monoisotopic (exact) mass is 254 g/mol. The van der Waals surface area contributed by atoms with Crippen LogP contribution in [0, 0.1) is 5.92 Å². The summed E-state index contributed by atoms with van der Waals surface area (Å²) >= 11 is 0. The normalized spacial score (nSPS) is 30.2. The zero-order chi connectivity index (χ0) is 13.0. The minimum Gasteiger partial charge on any atom is -0.379 e. The van der Waals surface area contributed by atoms with Crippen LogP contribution < -0.4 is 5.32 Å². The van der Waals surface area contributed by atoms with E-state index in [1.165, 1.54) is 19.3 Å². The Morgan fingerprint density at radius 2 is 1.94 bits per heavy atom. The van der Waals surface area contributed by atoms with Crippen molar-refractivity contribution < 1.29 is 9.53 Å². The Balaban J connectivity index is 1.81. The van der Waals surface area contributed by atoms with Crippen LogP contribution in [0.25, 0.3) is 0 Å². The van der Waals surface area contributed by atoms with Crippen LogP contribution in [-0.4, -0.2) is 43.3 Å². The van der Waals surface area contributed by atoms with Gasteiger partial charge in [-0.1, -0.05) is 26.2 Å². The summed E-state index contributed by atoms with van der Waals surface area (Å²) in [4.78, 5) is 14.1. The number of nitrogens with zero attached hydrogens (tertiary/aromatic N) is 1. The van der Waals surface area contributed by atoms with Crippen LogP contribution in [0.3, 0.4) is 0 Å². The lowest BCUT2D eigenvalue weighted by Gasteiger charge is -2.37. The molecule has 1 saturated carbocycles. The van der Waals surface area contributed by atoms with Gasteiger partial charge in [-0.15, -0.1) is 0 Å². The molecule has 1 saturated heterocycles. The number of likely N-dealkylation sites (tertiary alicyclic amines) is 1. The third kappa shape index (κ3) is 3.37. The molecule has 1 N–H and O–H groups in total. The van der Waals surface area contributed by atoms with Gasteiger partial charge in [-0.3, -0.25) is 0 Å². The number of carbonyl (C=O) groups excluding carboxylic acids is 1. The largest absolute Gasteiger partial charge is 0.379 e. The zero-order valence-corrected chi connectivity index (χ0v) is 11.7. The van der Waals surface area contributed by atoms with Crippen LogP contribution in [-0.2, 0) is 4.74 Å². The van der Waals surface area contributed by atoms with Crippen molar-refractivity contribution in [3.63, 3.8) is 0 Å². The van der Waals surface area contributed by atoms with Gasteiger partial charge >= 0.3 is 6.03 Å². The van der Waals surface area contributed by atoms with E-state index in [-0.39, 0.29) is 12.1 Å². The van der Waals surface area contributed by atoms with Gasteiger partial charge in [0, 0.05) is 26.2 Å². The first-order valence-corrected chi connectivity index (χ1v) is 7.29. The Kier molecular flexibility index (Phi) is 4.87. The van der Waals surface area contributed by atoms with Crippen molar-refractivity contribution in [3.8, 4) is 0 Å². The Morgan fingerprint density at radius 1 is 1.22 bits per heavy atom. The fraction of sp³-hybridized carbons (Fsp3) is 0.929. The SMILES string of the molecule is COC1CN(C(=O)NC2CCCCC2)CCC1C. The molecule has 0 aromatic carbocycles. The smallest absolute Gasteiger partial charge is 0.317 e. The quantitative estimate of drug-likeness (QED) is 0.822. The third-order valence-electron chi connectivity index (χ3n) is 4.41. The second-order valence-electron chi connectivity index (χ2n) is 5.77. The molecule has 0 aromatic heterocycles. The lowest BCUT2D eigenvalue weighted by molar-refractivity contribution is 0.00669. The number of carbonyl (C=O) groups is 1. The number of amides is 2.